The van der Waals surface area contributed by atoms with Gasteiger partial charge in [0.25, 0.3) is 5.91 Å². The van der Waals surface area contributed by atoms with Gasteiger partial charge in [-0.1, -0.05) is 28.1 Å². The van der Waals surface area contributed by atoms with Crippen LogP contribution < -0.4 is 0 Å². The Hall–Kier alpha value is -2.82. The van der Waals surface area contributed by atoms with Crippen molar-refractivity contribution in [2.75, 3.05) is 0 Å². The molecule has 0 unspecified atom stereocenters. The number of carbonyl (C=O) groups excluding carboxylic acids is 1. The number of hydrogen-bond acceptors (Lipinski definition) is 7. The first-order valence-corrected chi connectivity index (χ1v) is 11.6. The number of amides is 1. The van der Waals surface area contributed by atoms with Gasteiger partial charge in [-0.15, -0.1) is 5.10 Å². The third-order valence-corrected chi connectivity index (χ3v) is 6.43. The molecule has 10 heteroatoms. The Morgan fingerprint density at radius 3 is 2.62 bits per heavy atom. The Bertz CT molecular complexity index is 1240. The molecular weight excluding hydrogens is 562 g/mol. The summed E-state index contributed by atoms with van der Waals surface area (Å²) in [6.07, 6.45) is 4.68. The lowest BCUT2D eigenvalue weighted by Gasteiger charge is -2.12. The molecule has 1 fully saturated rings. The Morgan fingerprint density at radius 1 is 1.12 bits per heavy atom. The van der Waals surface area contributed by atoms with Crippen molar-refractivity contribution in [1.82, 2.24) is 4.90 Å². The van der Waals surface area contributed by atoms with Crippen molar-refractivity contribution in [1.29, 1.82) is 0 Å². The van der Waals surface area contributed by atoms with E-state index in [4.69, 9.17) is 4.42 Å². The van der Waals surface area contributed by atoms with Crippen LogP contribution in [-0.4, -0.2) is 32.4 Å². The van der Waals surface area contributed by atoms with Crippen molar-refractivity contribution < 1.29 is 19.4 Å². The van der Waals surface area contributed by atoms with Crippen LogP contribution in [0.2, 0.25) is 0 Å². The number of halogens is 2. The van der Waals surface area contributed by atoms with Crippen molar-refractivity contribution in [2.24, 2.45) is 10.2 Å². The van der Waals surface area contributed by atoms with E-state index >= 15 is 0 Å². The Balaban J connectivity index is 1.64. The molecule has 2 N–H and O–H groups in total. The number of rotatable bonds is 5. The average Bonchev–Trinajstić information content (AvgIpc) is 3.37. The SMILES string of the molecule is O=C1/C(=C/c2ccc(O)cc2)S/C(=N\N=C\c2cc(Br)cc(Br)c2O)N1Cc1ccco1. The number of phenols is 2. The number of nitrogens with zero attached hydrogens (tertiary/aromatic N) is 3. The molecule has 0 saturated carbocycles. The van der Waals surface area contributed by atoms with Gasteiger partial charge in [-0.25, -0.2) is 0 Å². The summed E-state index contributed by atoms with van der Waals surface area (Å²) in [6.45, 7) is 0.202. The Morgan fingerprint density at radius 2 is 1.91 bits per heavy atom. The minimum absolute atomic E-state index is 0.0349. The molecule has 0 atom stereocenters. The van der Waals surface area contributed by atoms with Gasteiger partial charge in [-0.3, -0.25) is 9.69 Å². The molecule has 3 aromatic rings. The van der Waals surface area contributed by atoms with Gasteiger partial charge in [0.15, 0.2) is 5.17 Å². The van der Waals surface area contributed by atoms with Crippen molar-refractivity contribution in [3.05, 3.63) is 85.5 Å². The highest BCUT2D eigenvalue weighted by Crippen LogP contribution is 2.34. The lowest BCUT2D eigenvalue weighted by atomic mass is 10.2. The molecule has 0 aliphatic carbocycles. The number of thioether (sulfide) groups is 1. The molecule has 1 aliphatic heterocycles. The second-order valence-electron chi connectivity index (χ2n) is 6.63. The van der Waals surface area contributed by atoms with E-state index in [0.717, 1.165) is 10.0 Å². The molecule has 1 aromatic heterocycles. The van der Waals surface area contributed by atoms with Gasteiger partial charge in [0.05, 0.1) is 28.4 Å². The third-order valence-electron chi connectivity index (χ3n) is 4.37. The molecule has 4 rings (SSSR count). The number of benzene rings is 2. The van der Waals surface area contributed by atoms with Crippen LogP contribution in [0.5, 0.6) is 11.5 Å². The maximum atomic E-state index is 13.1. The fourth-order valence-corrected chi connectivity index (χ4v) is 5.02. The number of furan rings is 1. The number of phenolic OH excluding ortho intramolecular Hbond substituents is 2. The molecule has 2 aromatic carbocycles. The van der Waals surface area contributed by atoms with Crippen LogP contribution in [0.3, 0.4) is 0 Å². The number of carbonyl (C=O) groups is 1. The summed E-state index contributed by atoms with van der Waals surface area (Å²) in [5, 5.41) is 28.4. The third kappa shape index (κ3) is 5.14. The summed E-state index contributed by atoms with van der Waals surface area (Å²) < 4.78 is 6.67. The number of hydrogen-bond donors (Lipinski definition) is 2. The molecule has 7 nitrogen and oxygen atoms in total. The van der Waals surface area contributed by atoms with Crippen molar-refractivity contribution in [2.45, 2.75) is 6.54 Å². The van der Waals surface area contributed by atoms with Gasteiger partial charge in [0, 0.05) is 10.0 Å². The largest absolute Gasteiger partial charge is 0.508 e. The fraction of sp³-hybridized carbons (Fsp3) is 0.0455. The van der Waals surface area contributed by atoms with Crippen LogP contribution in [0, 0.1) is 0 Å². The fourth-order valence-electron chi connectivity index (χ4n) is 2.83. The molecule has 1 saturated heterocycles. The molecular formula is C22H15Br2N3O4S. The van der Waals surface area contributed by atoms with Crippen LogP contribution in [0.4, 0.5) is 0 Å². The zero-order valence-corrected chi connectivity index (χ0v) is 20.3. The molecule has 0 bridgehead atoms. The number of aromatic hydroxyl groups is 2. The predicted octanol–water partition coefficient (Wildman–Crippen LogP) is 5.72. The molecule has 162 valence electrons. The summed E-state index contributed by atoms with van der Waals surface area (Å²) in [7, 11) is 0. The van der Waals surface area contributed by atoms with Gasteiger partial charge in [0.1, 0.15) is 17.3 Å². The first kappa shape index (κ1) is 22.4. The van der Waals surface area contributed by atoms with Crippen molar-refractivity contribution in [3.8, 4) is 11.5 Å². The topological polar surface area (TPSA) is 98.6 Å². The first-order valence-electron chi connectivity index (χ1n) is 9.22. The number of amidine groups is 1. The lowest BCUT2D eigenvalue weighted by Crippen LogP contribution is -2.28. The highest BCUT2D eigenvalue weighted by Gasteiger charge is 2.34. The summed E-state index contributed by atoms with van der Waals surface area (Å²) in [6, 6.07) is 13.5. The normalized spacial score (nSPS) is 16.7. The van der Waals surface area contributed by atoms with Gasteiger partial charge >= 0.3 is 0 Å². The van der Waals surface area contributed by atoms with E-state index in [-0.39, 0.29) is 24.0 Å². The van der Waals surface area contributed by atoms with E-state index in [1.54, 1.807) is 60.9 Å². The van der Waals surface area contributed by atoms with E-state index in [9.17, 15) is 15.0 Å². The van der Waals surface area contributed by atoms with Gasteiger partial charge in [-0.05, 0) is 75.7 Å². The quantitative estimate of drug-likeness (QED) is 0.230. The van der Waals surface area contributed by atoms with Crippen molar-refractivity contribution >= 4 is 67.0 Å². The molecule has 1 amide bonds. The van der Waals surface area contributed by atoms with Crippen LogP contribution in [0.25, 0.3) is 6.08 Å². The highest BCUT2D eigenvalue weighted by atomic mass is 79.9. The molecule has 32 heavy (non-hydrogen) atoms. The minimum Gasteiger partial charge on any atom is -0.508 e. The maximum absolute atomic E-state index is 13.1. The Kier molecular flexibility index (Phi) is 6.83. The molecule has 1 aliphatic rings. The van der Waals surface area contributed by atoms with E-state index in [2.05, 4.69) is 42.1 Å². The highest BCUT2D eigenvalue weighted by molar-refractivity contribution is 9.11. The summed E-state index contributed by atoms with van der Waals surface area (Å²) in [5.41, 5.74) is 1.23. The van der Waals surface area contributed by atoms with Crippen LogP contribution >= 0.6 is 43.6 Å². The lowest BCUT2D eigenvalue weighted by molar-refractivity contribution is -0.122. The zero-order chi connectivity index (χ0) is 22.7. The molecule has 0 radical (unpaired) electrons. The van der Waals surface area contributed by atoms with E-state index in [1.165, 1.54) is 22.9 Å². The van der Waals surface area contributed by atoms with Crippen LogP contribution in [-0.2, 0) is 11.3 Å². The molecule has 0 spiro atoms. The molecule has 2 heterocycles. The van der Waals surface area contributed by atoms with Crippen LogP contribution in [0.1, 0.15) is 16.9 Å². The Labute approximate surface area is 204 Å². The van der Waals surface area contributed by atoms with Crippen molar-refractivity contribution in [3.63, 3.8) is 0 Å². The van der Waals surface area contributed by atoms with E-state index in [0.29, 0.717) is 25.9 Å². The standard InChI is InChI=1S/C22H15Br2N3O4S/c23-15-9-14(20(29)18(24)10-15)11-25-26-22-27(12-17-2-1-7-31-17)21(30)19(32-22)8-13-3-5-16(28)6-4-13/h1-11,28-29H,12H2/b19-8-,25-11+,26-22-. The monoisotopic (exact) mass is 575 g/mol. The average molecular weight is 577 g/mol. The predicted molar refractivity (Wildman–Crippen MR) is 131 cm³/mol. The second kappa shape index (κ2) is 9.76. The summed E-state index contributed by atoms with van der Waals surface area (Å²) in [4.78, 5) is 15.0. The van der Waals surface area contributed by atoms with Gasteiger partial charge < -0.3 is 14.6 Å². The van der Waals surface area contributed by atoms with Crippen LogP contribution in [0.15, 0.2) is 83.3 Å². The smallest absolute Gasteiger partial charge is 0.267 e. The first-order chi connectivity index (χ1) is 15.4. The van der Waals surface area contributed by atoms with Gasteiger partial charge in [0.2, 0.25) is 0 Å². The summed E-state index contributed by atoms with van der Waals surface area (Å²) in [5.74, 6) is 0.556. The second-order valence-corrected chi connectivity index (χ2v) is 9.40. The zero-order valence-electron chi connectivity index (χ0n) is 16.3. The summed E-state index contributed by atoms with van der Waals surface area (Å²) >= 11 is 7.83. The maximum Gasteiger partial charge on any atom is 0.267 e. The van der Waals surface area contributed by atoms with Gasteiger partial charge in [-0.2, -0.15) is 5.10 Å². The minimum atomic E-state index is -0.235. The van der Waals surface area contributed by atoms with E-state index < -0.39 is 0 Å². The van der Waals surface area contributed by atoms with E-state index in [1.807, 2.05) is 0 Å².